The van der Waals surface area contributed by atoms with E-state index in [0.29, 0.717) is 11.1 Å². The molecule has 0 fully saturated rings. The van der Waals surface area contributed by atoms with Crippen LogP contribution in [0, 0.1) is 5.82 Å². The number of rotatable bonds is 6. The zero-order valence-corrected chi connectivity index (χ0v) is 17.8. The van der Waals surface area contributed by atoms with Gasteiger partial charge in [0.25, 0.3) is 0 Å². The van der Waals surface area contributed by atoms with Gasteiger partial charge in [0, 0.05) is 0 Å². The molecule has 152 valence electrons. The maximum absolute atomic E-state index is 13.4. The van der Waals surface area contributed by atoms with Crippen molar-refractivity contribution in [2.75, 3.05) is 0 Å². The molecule has 1 aliphatic rings. The van der Waals surface area contributed by atoms with Crippen molar-refractivity contribution in [3.05, 3.63) is 83.7 Å². The van der Waals surface area contributed by atoms with Crippen LogP contribution < -0.4 is 5.48 Å². The van der Waals surface area contributed by atoms with E-state index >= 15 is 0 Å². The van der Waals surface area contributed by atoms with Gasteiger partial charge >= 0.3 is 171 Å². The van der Waals surface area contributed by atoms with Gasteiger partial charge in [-0.1, -0.05) is 0 Å². The fourth-order valence-electron chi connectivity index (χ4n) is 3.21. The van der Waals surface area contributed by atoms with Crippen molar-refractivity contribution in [3.63, 3.8) is 0 Å². The summed E-state index contributed by atoms with van der Waals surface area (Å²) in [4.78, 5) is 11.3. The third kappa shape index (κ3) is 4.60. The van der Waals surface area contributed by atoms with Crippen LogP contribution >= 0.6 is 0 Å². The number of hydroxylamine groups is 1. The van der Waals surface area contributed by atoms with E-state index in [1.165, 1.54) is 19.1 Å². The van der Waals surface area contributed by atoms with Crippen LogP contribution in [-0.4, -0.2) is 25.3 Å². The molecule has 0 aromatic heterocycles. The molecule has 6 nitrogen and oxygen atoms in total. The summed E-state index contributed by atoms with van der Waals surface area (Å²) in [6.07, 6.45) is 3.82. The number of amides is 1. The molecule has 29 heavy (non-hydrogen) atoms. The normalized spacial score (nSPS) is 21.0. The van der Waals surface area contributed by atoms with Gasteiger partial charge in [0.15, 0.2) is 0 Å². The number of carbonyl (C=O) groups is 1. The predicted molar refractivity (Wildman–Crippen MR) is 107 cm³/mol. The molecule has 0 spiro atoms. The number of carbonyl (C=O) groups excluding carboxylic acids is 1. The third-order valence-electron chi connectivity index (χ3n) is 4.71. The molecule has 0 saturated heterocycles. The first-order valence-electron chi connectivity index (χ1n) is 8.89. The van der Waals surface area contributed by atoms with E-state index in [-0.39, 0.29) is 12.2 Å². The Balaban J connectivity index is 2.11. The average Bonchev–Trinajstić information content (AvgIpc) is 2.72. The summed E-state index contributed by atoms with van der Waals surface area (Å²) in [6.45, 7) is 2.82. The number of benzene rings is 2. The van der Waals surface area contributed by atoms with Crippen LogP contribution in [0.5, 0.6) is 0 Å². The molecule has 3 rings (SSSR count). The fraction of sp³-hybridized carbons (Fsp3) is 0.190. The molecule has 0 heterocycles. The molecule has 2 N–H and O–H groups in total. The number of hydrogen-bond acceptors (Lipinski definition) is 5. The molecule has 2 aromatic rings. The SMILES string of the molecule is CC(=O)NO[As](=O)(OO)C1(C)C=C(c2ccc(F)cc2)C=C(c2ccccc2)C1. The minimum atomic E-state index is -5.01. The van der Waals surface area contributed by atoms with Crippen LogP contribution in [-0.2, 0) is 16.2 Å². The molecule has 0 aliphatic heterocycles. The van der Waals surface area contributed by atoms with Crippen molar-refractivity contribution in [3.8, 4) is 0 Å². The average molecular weight is 461 g/mol. The Morgan fingerprint density at radius 1 is 1.14 bits per heavy atom. The number of halogens is 1. The standard InChI is InChI=1S/C21H21AsFNO5/c1-15(25)24-28-22(26,29-27)21(2)13-18(16-6-4-3-5-7-16)12-19(14-21)17-8-10-20(23)11-9-17/h3-12,14,27H,13H2,1-2H3,(H,24,25). The third-order valence-corrected chi connectivity index (χ3v) is 9.08. The first-order chi connectivity index (χ1) is 13.8. The summed E-state index contributed by atoms with van der Waals surface area (Å²) in [5, 5.41) is 9.45. The van der Waals surface area contributed by atoms with Crippen molar-refractivity contribution in [2.45, 2.75) is 24.5 Å². The van der Waals surface area contributed by atoms with Gasteiger partial charge in [0.1, 0.15) is 0 Å². The topological polar surface area (TPSA) is 84.9 Å². The van der Waals surface area contributed by atoms with Crippen LogP contribution in [0.15, 0.2) is 66.7 Å². The Labute approximate surface area is 170 Å². The summed E-state index contributed by atoms with van der Waals surface area (Å²) >= 11 is -5.01. The van der Waals surface area contributed by atoms with Crippen molar-refractivity contribution in [2.24, 2.45) is 0 Å². The number of hydrogen-bond donors (Lipinski definition) is 2. The Kier molecular flexibility index (Phi) is 6.24. The first-order valence-corrected chi connectivity index (χ1v) is 12.1. The maximum atomic E-state index is 13.4. The van der Waals surface area contributed by atoms with Gasteiger partial charge in [-0.15, -0.1) is 0 Å². The van der Waals surface area contributed by atoms with Crippen molar-refractivity contribution in [1.82, 2.24) is 5.48 Å². The molecular formula is C21H21AsFNO5. The van der Waals surface area contributed by atoms with Crippen LogP contribution in [0.1, 0.15) is 31.4 Å². The van der Waals surface area contributed by atoms with Gasteiger partial charge in [0.05, 0.1) is 0 Å². The van der Waals surface area contributed by atoms with Gasteiger partial charge in [-0.3, -0.25) is 0 Å². The number of nitrogens with one attached hydrogen (secondary N) is 1. The molecule has 0 bridgehead atoms. The quantitative estimate of drug-likeness (QED) is 0.379. The second-order valence-electron chi connectivity index (χ2n) is 7.00. The Hall–Kier alpha value is -2.44. The van der Waals surface area contributed by atoms with Crippen LogP contribution in [0.3, 0.4) is 0 Å². The van der Waals surface area contributed by atoms with Gasteiger partial charge in [-0.05, 0) is 0 Å². The van der Waals surface area contributed by atoms with Gasteiger partial charge in [0.2, 0.25) is 0 Å². The Bertz CT molecular complexity index is 1000. The second kappa shape index (κ2) is 8.51. The Morgan fingerprint density at radius 2 is 1.79 bits per heavy atom. The molecule has 0 saturated carbocycles. The van der Waals surface area contributed by atoms with Crippen molar-refractivity contribution >= 4 is 31.2 Å². The first kappa shape index (κ1) is 21.3. The molecule has 2 atom stereocenters. The van der Waals surface area contributed by atoms with Crippen molar-refractivity contribution in [1.29, 1.82) is 0 Å². The summed E-state index contributed by atoms with van der Waals surface area (Å²) in [5.41, 5.74) is 5.11. The molecule has 1 amide bonds. The predicted octanol–water partition coefficient (Wildman–Crippen LogP) is 4.38. The van der Waals surface area contributed by atoms with Crippen LogP contribution in [0.2, 0.25) is 4.20 Å². The van der Waals surface area contributed by atoms with Crippen molar-refractivity contribution < 1.29 is 25.9 Å². The summed E-state index contributed by atoms with van der Waals surface area (Å²) in [7, 11) is 0. The molecule has 0 radical (unpaired) electrons. The van der Waals surface area contributed by atoms with E-state index in [2.05, 4.69) is 3.88 Å². The molecule has 2 unspecified atom stereocenters. The molecule has 1 aliphatic carbocycles. The van der Waals surface area contributed by atoms with E-state index in [1.807, 2.05) is 41.9 Å². The summed E-state index contributed by atoms with van der Waals surface area (Å²) in [6, 6.07) is 15.3. The van der Waals surface area contributed by atoms with Gasteiger partial charge < -0.3 is 0 Å². The van der Waals surface area contributed by atoms with Crippen LogP contribution in [0.25, 0.3) is 11.1 Å². The zero-order valence-electron chi connectivity index (χ0n) is 16.0. The number of allylic oxidation sites excluding steroid dienone is 4. The van der Waals surface area contributed by atoms with E-state index in [4.69, 9.17) is 3.83 Å². The summed E-state index contributed by atoms with van der Waals surface area (Å²) < 4.78 is 35.0. The molecule has 2 aromatic carbocycles. The van der Waals surface area contributed by atoms with E-state index in [1.54, 1.807) is 25.1 Å². The Morgan fingerprint density at radius 3 is 2.38 bits per heavy atom. The van der Waals surface area contributed by atoms with E-state index in [9.17, 15) is 18.2 Å². The molecule has 8 heteroatoms. The fourth-order valence-corrected chi connectivity index (χ4v) is 6.02. The zero-order chi connectivity index (χ0) is 21.1. The van der Waals surface area contributed by atoms with Crippen LogP contribution in [0.4, 0.5) is 4.39 Å². The van der Waals surface area contributed by atoms with E-state index in [0.717, 1.165) is 11.1 Å². The minimum absolute atomic E-state index is 0.234. The summed E-state index contributed by atoms with van der Waals surface area (Å²) in [5.74, 6) is -0.952. The van der Waals surface area contributed by atoms with Gasteiger partial charge in [-0.2, -0.15) is 0 Å². The van der Waals surface area contributed by atoms with E-state index < -0.39 is 24.3 Å². The van der Waals surface area contributed by atoms with Gasteiger partial charge in [-0.25, -0.2) is 0 Å². The monoisotopic (exact) mass is 461 g/mol. The molecular weight excluding hydrogens is 440 g/mol. The second-order valence-corrected chi connectivity index (χ2v) is 12.0.